The van der Waals surface area contributed by atoms with Gasteiger partial charge in [-0.3, -0.25) is 4.90 Å². The maximum absolute atomic E-state index is 12.5. The number of nitrogens with two attached hydrogens (primary N) is 1. The van der Waals surface area contributed by atoms with E-state index in [1.807, 2.05) is 13.8 Å². The van der Waals surface area contributed by atoms with Crippen molar-refractivity contribution < 1.29 is 8.42 Å². The molecular weight excluding hydrogens is 362 g/mol. The quantitative estimate of drug-likeness (QED) is 0.858. The summed E-state index contributed by atoms with van der Waals surface area (Å²) >= 11 is 4.56. The van der Waals surface area contributed by atoms with Gasteiger partial charge in [-0.1, -0.05) is 0 Å². The van der Waals surface area contributed by atoms with Gasteiger partial charge in [0.15, 0.2) is 0 Å². The molecule has 0 unspecified atom stereocenters. The second-order valence-corrected chi connectivity index (χ2v) is 10.4. The summed E-state index contributed by atoms with van der Waals surface area (Å²) in [7, 11) is -3.34. The highest BCUT2D eigenvalue weighted by Gasteiger charge is 2.30. The minimum Gasteiger partial charge on any atom is -0.324 e. The number of thiophene rings is 1. The lowest BCUT2D eigenvalue weighted by Gasteiger charge is -2.36. The molecule has 1 aromatic heterocycles. The van der Waals surface area contributed by atoms with Gasteiger partial charge < -0.3 is 5.73 Å². The minimum absolute atomic E-state index is 0.250. The first-order valence-corrected chi connectivity index (χ1v) is 9.50. The van der Waals surface area contributed by atoms with Crippen LogP contribution in [-0.4, -0.2) is 55.9 Å². The van der Waals surface area contributed by atoms with Crippen LogP contribution in [0.25, 0.3) is 0 Å². The van der Waals surface area contributed by atoms with Crippen LogP contribution < -0.4 is 5.73 Å². The molecule has 0 saturated carbocycles. The molecule has 0 amide bonds. The number of nitrogens with zero attached hydrogens (tertiary/aromatic N) is 2. The highest BCUT2D eigenvalue weighted by Crippen LogP contribution is 2.28. The molecule has 1 saturated heterocycles. The number of rotatable bonds is 4. The fraction of sp³-hybridized carbons (Fsp3) is 0.667. The van der Waals surface area contributed by atoms with Crippen LogP contribution in [-0.2, 0) is 10.0 Å². The molecular formula is C12H20BrN3O2S2. The van der Waals surface area contributed by atoms with E-state index in [2.05, 4.69) is 20.8 Å². The molecule has 2 rings (SSSR count). The summed E-state index contributed by atoms with van der Waals surface area (Å²) in [6, 6.07) is 3.42. The molecule has 1 aliphatic rings. The lowest BCUT2D eigenvalue weighted by Crippen LogP contribution is -2.53. The topological polar surface area (TPSA) is 66.6 Å². The molecule has 2 heterocycles. The predicted molar refractivity (Wildman–Crippen MR) is 85.5 cm³/mol. The molecule has 114 valence electrons. The Morgan fingerprint density at radius 1 is 1.30 bits per heavy atom. The van der Waals surface area contributed by atoms with Crippen LogP contribution in [0.2, 0.25) is 0 Å². The number of piperazine rings is 1. The van der Waals surface area contributed by atoms with E-state index in [1.165, 1.54) is 11.3 Å². The van der Waals surface area contributed by atoms with Crippen LogP contribution in [0.4, 0.5) is 0 Å². The van der Waals surface area contributed by atoms with Gasteiger partial charge in [0.25, 0.3) is 10.0 Å². The van der Waals surface area contributed by atoms with Crippen molar-refractivity contribution in [3.05, 3.63) is 15.9 Å². The summed E-state index contributed by atoms with van der Waals surface area (Å²) in [5.41, 5.74) is 5.75. The zero-order chi connectivity index (χ0) is 15.0. The SMILES string of the molecule is CC(C)(N)CN1CCN(S(=O)(=O)c2ccc(Br)s2)CC1. The first-order valence-electron chi connectivity index (χ1n) is 6.45. The summed E-state index contributed by atoms with van der Waals surface area (Å²) in [5.74, 6) is 0. The molecule has 2 N–H and O–H groups in total. The predicted octanol–water partition coefficient (Wildman–Crippen LogP) is 1.55. The van der Waals surface area contributed by atoms with Gasteiger partial charge in [0.05, 0.1) is 3.79 Å². The van der Waals surface area contributed by atoms with E-state index in [1.54, 1.807) is 16.4 Å². The molecule has 0 aliphatic carbocycles. The Hall–Kier alpha value is 0.01000. The third kappa shape index (κ3) is 4.02. The second kappa shape index (κ2) is 6.02. The number of sulfonamides is 1. The number of halogens is 1. The molecule has 0 aromatic carbocycles. The van der Waals surface area contributed by atoms with Crippen LogP contribution in [0.5, 0.6) is 0 Å². The zero-order valence-corrected chi connectivity index (χ0v) is 14.9. The van der Waals surface area contributed by atoms with Crippen molar-refractivity contribution in [2.24, 2.45) is 5.73 Å². The van der Waals surface area contributed by atoms with Gasteiger partial charge in [0.2, 0.25) is 0 Å². The Bertz CT molecular complexity index is 558. The molecule has 1 aliphatic heterocycles. The van der Waals surface area contributed by atoms with E-state index in [0.29, 0.717) is 17.3 Å². The average Bonchev–Trinajstić information content (AvgIpc) is 2.75. The third-order valence-corrected chi connectivity index (χ3v) is 7.09. The van der Waals surface area contributed by atoms with Crippen LogP contribution in [0.15, 0.2) is 20.1 Å². The monoisotopic (exact) mass is 381 g/mol. The van der Waals surface area contributed by atoms with Gasteiger partial charge in [-0.2, -0.15) is 4.31 Å². The Labute approximate surface area is 132 Å². The van der Waals surface area contributed by atoms with Gasteiger partial charge in [-0.05, 0) is 41.9 Å². The van der Waals surface area contributed by atoms with Crippen molar-refractivity contribution in [2.75, 3.05) is 32.7 Å². The molecule has 1 aromatic rings. The Kier molecular flexibility index (Phi) is 4.93. The molecule has 20 heavy (non-hydrogen) atoms. The van der Waals surface area contributed by atoms with Crippen molar-refractivity contribution in [1.29, 1.82) is 0 Å². The third-order valence-electron chi connectivity index (χ3n) is 3.11. The van der Waals surface area contributed by atoms with Crippen molar-refractivity contribution in [1.82, 2.24) is 9.21 Å². The fourth-order valence-electron chi connectivity index (χ4n) is 2.27. The van der Waals surface area contributed by atoms with Crippen LogP contribution in [0, 0.1) is 0 Å². The van der Waals surface area contributed by atoms with E-state index in [9.17, 15) is 8.42 Å². The summed E-state index contributed by atoms with van der Waals surface area (Å²) in [4.78, 5) is 2.22. The van der Waals surface area contributed by atoms with Gasteiger partial charge in [-0.15, -0.1) is 11.3 Å². The fourth-order valence-corrected chi connectivity index (χ4v) is 5.85. The highest BCUT2D eigenvalue weighted by atomic mass is 79.9. The Morgan fingerprint density at radius 3 is 2.35 bits per heavy atom. The average molecular weight is 382 g/mol. The van der Waals surface area contributed by atoms with Crippen molar-refractivity contribution >= 4 is 37.3 Å². The summed E-state index contributed by atoms with van der Waals surface area (Å²) in [6.45, 7) is 7.25. The van der Waals surface area contributed by atoms with Gasteiger partial charge >= 0.3 is 0 Å². The standard InChI is InChI=1S/C12H20BrN3O2S2/c1-12(2,14)9-15-5-7-16(8-6-15)20(17,18)11-4-3-10(13)19-11/h3-4H,5-9,14H2,1-2H3. The van der Waals surface area contributed by atoms with E-state index < -0.39 is 10.0 Å². The summed E-state index contributed by atoms with van der Waals surface area (Å²) in [6.07, 6.45) is 0. The van der Waals surface area contributed by atoms with E-state index in [-0.39, 0.29) is 5.54 Å². The lowest BCUT2D eigenvalue weighted by atomic mass is 10.1. The van der Waals surface area contributed by atoms with E-state index in [4.69, 9.17) is 5.73 Å². The number of hydrogen-bond donors (Lipinski definition) is 1. The number of hydrogen-bond acceptors (Lipinski definition) is 5. The van der Waals surface area contributed by atoms with Crippen molar-refractivity contribution in [3.8, 4) is 0 Å². The minimum atomic E-state index is -3.34. The first kappa shape index (κ1) is 16.4. The summed E-state index contributed by atoms with van der Waals surface area (Å²) in [5, 5.41) is 0. The molecule has 0 radical (unpaired) electrons. The first-order chi connectivity index (χ1) is 9.18. The lowest BCUT2D eigenvalue weighted by molar-refractivity contribution is 0.162. The normalized spacial score (nSPS) is 19.4. The van der Waals surface area contributed by atoms with Gasteiger partial charge in [0.1, 0.15) is 4.21 Å². The maximum Gasteiger partial charge on any atom is 0.252 e. The van der Waals surface area contributed by atoms with Gasteiger partial charge in [-0.25, -0.2) is 8.42 Å². The molecule has 5 nitrogen and oxygen atoms in total. The largest absolute Gasteiger partial charge is 0.324 e. The van der Waals surface area contributed by atoms with Crippen molar-refractivity contribution in [2.45, 2.75) is 23.6 Å². The molecule has 0 bridgehead atoms. The van der Waals surface area contributed by atoms with Crippen LogP contribution >= 0.6 is 27.3 Å². The van der Waals surface area contributed by atoms with Gasteiger partial charge in [0, 0.05) is 38.3 Å². The zero-order valence-electron chi connectivity index (χ0n) is 11.7. The second-order valence-electron chi connectivity index (χ2n) is 5.73. The molecule has 0 atom stereocenters. The highest BCUT2D eigenvalue weighted by molar-refractivity contribution is 9.11. The van der Waals surface area contributed by atoms with Crippen LogP contribution in [0.3, 0.4) is 0 Å². The molecule has 1 fully saturated rings. The van der Waals surface area contributed by atoms with E-state index in [0.717, 1.165) is 23.4 Å². The Morgan fingerprint density at radius 2 is 1.90 bits per heavy atom. The van der Waals surface area contributed by atoms with Crippen LogP contribution in [0.1, 0.15) is 13.8 Å². The van der Waals surface area contributed by atoms with Crippen molar-refractivity contribution in [3.63, 3.8) is 0 Å². The van der Waals surface area contributed by atoms with E-state index >= 15 is 0 Å². The molecule has 8 heteroatoms. The molecule has 0 spiro atoms. The smallest absolute Gasteiger partial charge is 0.252 e. The maximum atomic E-state index is 12.5. The summed E-state index contributed by atoms with van der Waals surface area (Å²) < 4.78 is 27.7. The Balaban J connectivity index is 2.00.